The SMILES string of the molecule is Cc1cc(Br)c(F)cc1NC(=O)Cn1ccc(N)n1. The molecule has 7 heteroatoms. The maximum atomic E-state index is 13.4. The van der Waals surface area contributed by atoms with Crippen molar-refractivity contribution in [2.75, 3.05) is 11.1 Å². The van der Waals surface area contributed by atoms with Crippen LogP contribution in [0.25, 0.3) is 0 Å². The summed E-state index contributed by atoms with van der Waals surface area (Å²) in [6, 6.07) is 4.48. The Balaban J connectivity index is 2.09. The molecule has 0 aliphatic carbocycles. The molecule has 2 aromatic rings. The predicted molar refractivity (Wildman–Crippen MR) is 74.1 cm³/mol. The number of carbonyl (C=O) groups is 1. The fraction of sp³-hybridized carbons (Fsp3) is 0.167. The highest BCUT2D eigenvalue weighted by Crippen LogP contribution is 2.23. The summed E-state index contributed by atoms with van der Waals surface area (Å²) in [5, 5.41) is 6.53. The summed E-state index contributed by atoms with van der Waals surface area (Å²) in [4.78, 5) is 11.8. The van der Waals surface area contributed by atoms with E-state index in [1.54, 1.807) is 25.3 Å². The summed E-state index contributed by atoms with van der Waals surface area (Å²) >= 11 is 3.09. The van der Waals surface area contributed by atoms with Crippen molar-refractivity contribution in [3.63, 3.8) is 0 Å². The van der Waals surface area contributed by atoms with Gasteiger partial charge in [-0.2, -0.15) is 5.10 Å². The first-order chi connectivity index (χ1) is 8.95. The number of halogens is 2. The number of hydrogen-bond donors (Lipinski definition) is 2. The molecular formula is C12H12BrFN4O. The molecule has 1 heterocycles. The molecule has 0 radical (unpaired) electrons. The van der Waals surface area contributed by atoms with Crippen molar-refractivity contribution in [1.29, 1.82) is 0 Å². The van der Waals surface area contributed by atoms with E-state index in [0.29, 0.717) is 16.0 Å². The van der Waals surface area contributed by atoms with Gasteiger partial charge in [0.05, 0.1) is 4.47 Å². The quantitative estimate of drug-likeness (QED) is 0.909. The van der Waals surface area contributed by atoms with Gasteiger partial charge in [0.15, 0.2) is 0 Å². The monoisotopic (exact) mass is 326 g/mol. The van der Waals surface area contributed by atoms with Crippen LogP contribution in [0.4, 0.5) is 15.9 Å². The van der Waals surface area contributed by atoms with Gasteiger partial charge < -0.3 is 11.1 Å². The van der Waals surface area contributed by atoms with Crippen LogP contribution in [0.15, 0.2) is 28.9 Å². The third-order valence-corrected chi connectivity index (χ3v) is 3.12. The first-order valence-corrected chi connectivity index (χ1v) is 6.29. The highest BCUT2D eigenvalue weighted by atomic mass is 79.9. The standard InChI is InChI=1S/C12H12BrFN4O/c1-7-4-8(13)9(14)5-10(7)16-12(19)6-18-3-2-11(15)17-18/h2-5H,6H2,1H3,(H2,15,17)(H,16,19). The lowest BCUT2D eigenvalue weighted by atomic mass is 10.2. The Morgan fingerprint density at radius 3 is 2.95 bits per heavy atom. The summed E-state index contributed by atoms with van der Waals surface area (Å²) in [5.74, 6) is -0.379. The van der Waals surface area contributed by atoms with Gasteiger partial charge in [0.25, 0.3) is 0 Å². The molecule has 3 N–H and O–H groups in total. The van der Waals surface area contributed by atoms with Crippen LogP contribution in [-0.2, 0) is 11.3 Å². The molecule has 0 saturated heterocycles. The molecule has 1 aromatic carbocycles. The lowest BCUT2D eigenvalue weighted by Gasteiger charge is -2.09. The van der Waals surface area contributed by atoms with Crippen LogP contribution in [0.1, 0.15) is 5.56 Å². The van der Waals surface area contributed by atoms with E-state index in [2.05, 4.69) is 26.3 Å². The molecule has 19 heavy (non-hydrogen) atoms. The maximum absolute atomic E-state index is 13.4. The molecule has 0 aliphatic heterocycles. The molecule has 2 rings (SSSR count). The number of benzene rings is 1. The average Bonchev–Trinajstić information content (AvgIpc) is 2.71. The molecule has 0 aliphatic rings. The highest BCUT2D eigenvalue weighted by molar-refractivity contribution is 9.10. The van der Waals surface area contributed by atoms with E-state index < -0.39 is 5.82 Å². The molecule has 0 saturated carbocycles. The molecule has 0 atom stereocenters. The number of aromatic nitrogens is 2. The number of nitrogen functional groups attached to an aromatic ring is 1. The molecule has 5 nitrogen and oxygen atoms in total. The smallest absolute Gasteiger partial charge is 0.246 e. The third kappa shape index (κ3) is 3.31. The number of carbonyl (C=O) groups excluding carboxylic acids is 1. The van der Waals surface area contributed by atoms with Crippen LogP contribution < -0.4 is 11.1 Å². The fourth-order valence-electron chi connectivity index (χ4n) is 1.58. The van der Waals surface area contributed by atoms with E-state index >= 15 is 0 Å². The number of nitrogens with zero attached hydrogens (tertiary/aromatic N) is 2. The van der Waals surface area contributed by atoms with E-state index in [-0.39, 0.29) is 12.5 Å². The van der Waals surface area contributed by atoms with Gasteiger partial charge in [-0.3, -0.25) is 9.48 Å². The molecule has 1 aromatic heterocycles. The zero-order valence-corrected chi connectivity index (χ0v) is 11.7. The number of nitrogens with one attached hydrogen (secondary N) is 1. The van der Waals surface area contributed by atoms with E-state index in [0.717, 1.165) is 5.56 Å². The Bertz CT molecular complexity index is 626. The van der Waals surface area contributed by atoms with Crippen LogP contribution in [-0.4, -0.2) is 15.7 Å². The number of nitrogens with two attached hydrogens (primary N) is 1. The molecule has 0 bridgehead atoms. The summed E-state index contributed by atoms with van der Waals surface area (Å²) in [5.41, 5.74) is 6.65. The molecule has 0 fully saturated rings. The summed E-state index contributed by atoms with van der Waals surface area (Å²) in [6.45, 7) is 1.81. The van der Waals surface area contributed by atoms with E-state index in [9.17, 15) is 9.18 Å². The lowest BCUT2D eigenvalue weighted by molar-refractivity contribution is -0.116. The summed E-state index contributed by atoms with van der Waals surface area (Å²) in [6.07, 6.45) is 1.60. The Labute approximate surface area is 117 Å². The minimum Gasteiger partial charge on any atom is -0.382 e. The van der Waals surface area contributed by atoms with Gasteiger partial charge >= 0.3 is 0 Å². The number of aryl methyl sites for hydroxylation is 1. The van der Waals surface area contributed by atoms with Crippen LogP contribution >= 0.6 is 15.9 Å². The van der Waals surface area contributed by atoms with Crippen molar-refractivity contribution in [1.82, 2.24) is 9.78 Å². The number of rotatable bonds is 3. The molecule has 1 amide bonds. The van der Waals surface area contributed by atoms with Gasteiger partial charge in [-0.25, -0.2) is 4.39 Å². The Hall–Kier alpha value is -1.89. The maximum Gasteiger partial charge on any atom is 0.246 e. The van der Waals surface area contributed by atoms with E-state index in [1.165, 1.54) is 10.7 Å². The second-order valence-electron chi connectivity index (χ2n) is 4.07. The third-order valence-electron chi connectivity index (χ3n) is 2.51. The molecule has 0 unspecified atom stereocenters. The number of amides is 1. The van der Waals surface area contributed by atoms with Crippen LogP contribution in [0, 0.1) is 12.7 Å². The van der Waals surface area contributed by atoms with Crippen molar-refractivity contribution in [2.24, 2.45) is 0 Å². The first kappa shape index (κ1) is 13.5. The second kappa shape index (κ2) is 5.40. The van der Waals surface area contributed by atoms with Gasteiger partial charge in [0.2, 0.25) is 5.91 Å². The van der Waals surface area contributed by atoms with Crippen molar-refractivity contribution < 1.29 is 9.18 Å². The van der Waals surface area contributed by atoms with Crippen molar-refractivity contribution in [2.45, 2.75) is 13.5 Å². The van der Waals surface area contributed by atoms with E-state index in [4.69, 9.17) is 5.73 Å². The van der Waals surface area contributed by atoms with Crippen molar-refractivity contribution >= 4 is 33.3 Å². The number of hydrogen-bond acceptors (Lipinski definition) is 3. The van der Waals surface area contributed by atoms with Crippen molar-refractivity contribution in [3.05, 3.63) is 40.2 Å². The van der Waals surface area contributed by atoms with Gasteiger partial charge in [-0.15, -0.1) is 0 Å². The zero-order valence-electron chi connectivity index (χ0n) is 10.2. The first-order valence-electron chi connectivity index (χ1n) is 5.50. The zero-order chi connectivity index (χ0) is 14.0. The minimum absolute atomic E-state index is 0.0221. The largest absolute Gasteiger partial charge is 0.382 e. The predicted octanol–water partition coefficient (Wildman–Crippen LogP) is 2.31. The number of anilines is 2. The van der Waals surface area contributed by atoms with Gasteiger partial charge in [0.1, 0.15) is 18.2 Å². The second-order valence-corrected chi connectivity index (χ2v) is 4.92. The minimum atomic E-state index is -0.427. The molecule has 100 valence electrons. The Morgan fingerprint density at radius 1 is 1.58 bits per heavy atom. The summed E-state index contributed by atoms with van der Waals surface area (Å²) < 4.78 is 15.2. The molecule has 0 spiro atoms. The van der Waals surface area contributed by atoms with Gasteiger partial charge in [-0.1, -0.05) is 0 Å². The average molecular weight is 327 g/mol. The molecular weight excluding hydrogens is 315 g/mol. The normalized spacial score (nSPS) is 10.5. The van der Waals surface area contributed by atoms with Crippen molar-refractivity contribution in [3.8, 4) is 0 Å². The Morgan fingerprint density at radius 2 is 2.32 bits per heavy atom. The lowest BCUT2D eigenvalue weighted by Crippen LogP contribution is -2.19. The van der Waals surface area contributed by atoms with E-state index in [1.807, 2.05) is 0 Å². The highest BCUT2D eigenvalue weighted by Gasteiger charge is 2.09. The van der Waals surface area contributed by atoms with Crippen LogP contribution in [0.2, 0.25) is 0 Å². The van der Waals surface area contributed by atoms with Gasteiger partial charge in [-0.05, 0) is 46.6 Å². The Kier molecular flexibility index (Phi) is 3.84. The van der Waals surface area contributed by atoms with Crippen LogP contribution in [0.5, 0.6) is 0 Å². The topological polar surface area (TPSA) is 72.9 Å². The van der Waals surface area contributed by atoms with Gasteiger partial charge in [0, 0.05) is 11.9 Å². The van der Waals surface area contributed by atoms with Crippen LogP contribution in [0.3, 0.4) is 0 Å². The summed E-state index contributed by atoms with van der Waals surface area (Å²) in [7, 11) is 0. The fourth-order valence-corrected chi connectivity index (χ4v) is 2.04.